The highest BCUT2D eigenvalue weighted by atomic mass is 32.2. The first-order chi connectivity index (χ1) is 11.1. The molecule has 0 bridgehead atoms. The number of nitrogens with zero attached hydrogens (tertiary/aromatic N) is 2. The van der Waals surface area contributed by atoms with Crippen molar-refractivity contribution in [2.45, 2.75) is 51.0 Å². The number of benzene rings is 1. The summed E-state index contributed by atoms with van der Waals surface area (Å²) in [4.78, 5) is 2.45. The van der Waals surface area contributed by atoms with Gasteiger partial charge in [0.15, 0.2) is 0 Å². The van der Waals surface area contributed by atoms with Crippen LogP contribution in [0.15, 0.2) is 29.2 Å². The summed E-state index contributed by atoms with van der Waals surface area (Å²) in [5.41, 5.74) is 0.299. The first-order valence-electron chi connectivity index (χ1n) is 8.20. The van der Waals surface area contributed by atoms with Crippen molar-refractivity contribution in [2.75, 3.05) is 19.7 Å². The molecule has 0 radical (unpaired) electrons. The molecule has 6 heteroatoms. The van der Waals surface area contributed by atoms with Crippen molar-refractivity contribution < 1.29 is 12.6 Å². The number of rotatable bonds is 4. The molecule has 1 saturated heterocycles. The topological polar surface area (TPSA) is 70.4 Å². The quantitative estimate of drug-likeness (QED) is 0.780. The summed E-state index contributed by atoms with van der Waals surface area (Å²) in [5.74, 6) is 0. The van der Waals surface area contributed by atoms with E-state index in [1.54, 1.807) is 12.1 Å². The number of hydrogen-bond donors (Lipinski definition) is 0. The average Bonchev–Trinajstić information content (AvgIpc) is 2.53. The first-order valence-corrected chi connectivity index (χ1v) is 9.61. The van der Waals surface area contributed by atoms with Crippen molar-refractivity contribution in [1.82, 2.24) is 4.90 Å². The third-order valence-corrected chi connectivity index (χ3v) is 5.98. The molecule has 1 aliphatic heterocycles. The van der Waals surface area contributed by atoms with Crippen LogP contribution >= 0.6 is 0 Å². The van der Waals surface area contributed by atoms with Crippen molar-refractivity contribution in [3.63, 3.8) is 0 Å². The molecule has 132 valence electrons. The van der Waals surface area contributed by atoms with Crippen LogP contribution in [0.5, 0.6) is 0 Å². The molecular formula is C18H26N2O3S. The van der Waals surface area contributed by atoms with Crippen LogP contribution in [0.4, 0.5) is 0 Å². The van der Waals surface area contributed by atoms with E-state index in [1.807, 2.05) is 6.92 Å². The van der Waals surface area contributed by atoms with Gasteiger partial charge >= 0.3 is 0 Å². The van der Waals surface area contributed by atoms with Gasteiger partial charge in [0.2, 0.25) is 0 Å². The lowest BCUT2D eigenvalue weighted by atomic mass is 9.79. The van der Waals surface area contributed by atoms with E-state index in [0.29, 0.717) is 12.8 Å². The van der Waals surface area contributed by atoms with Gasteiger partial charge in [-0.2, -0.15) is 13.7 Å². The standard InChI is InChI=1S/C18H26N2O3S/c1-15-5-7-16(8-6-15)24(21,22)23-14-18(13-19)9-11-20(12-10-18)17(2,3)4/h5-8H,9-12,14H2,1-4H3. The van der Waals surface area contributed by atoms with Gasteiger partial charge in [-0.1, -0.05) is 17.7 Å². The molecule has 1 aromatic carbocycles. The van der Waals surface area contributed by atoms with E-state index >= 15 is 0 Å². The van der Waals surface area contributed by atoms with Gasteiger partial charge in [0.05, 0.1) is 23.0 Å². The summed E-state index contributed by atoms with van der Waals surface area (Å²) in [6.45, 7) is 9.78. The number of aryl methyl sites for hydroxylation is 1. The summed E-state index contributed by atoms with van der Waals surface area (Å²) in [6, 6.07) is 8.84. The van der Waals surface area contributed by atoms with Gasteiger partial charge in [-0.3, -0.25) is 9.08 Å². The molecule has 0 atom stereocenters. The molecule has 1 heterocycles. The SMILES string of the molecule is Cc1ccc(S(=O)(=O)OCC2(C#N)CCN(C(C)(C)C)CC2)cc1. The van der Waals surface area contributed by atoms with Crippen molar-refractivity contribution in [1.29, 1.82) is 5.26 Å². The molecule has 0 aliphatic carbocycles. The van der Waals surface area contributed by atoms with Crippen LogP contribution in [0.25, 0.3) is 0 Å². The summed E-state index contributed by atoms with van der Waals surface area (Å²) < 4.78 is 29.9. The van der Waals surface area contributed by atoms with E-state index in [-0.39, 0.29) is 17.0 Å². The monoisotopic (exact) mass is 350 g/mol. The first kappa shape index (κ1) is 18.9. The molecule has 0 amide bonds. The fourth-order valence-electron chi connectivity index (χ4n) is 2.86. The normalized spacial score (nSPS) is 19.0. The van der Waals surface area contributed by atoms with Gasteiger partial charge in [-0.25, -0.2) is 0 Å². The van der Waals surface area contributed by atoms with Gasteiger partial charge in [0.25, 0.3) is 10.1 Å². The highest BCUT2D eigenvalue weighted by Gasteiger charge is 2.39. The summed E-state index contributed by atoms with van der Waals surface area (Å²) in [7, 11) is -3.83. The van der Waals surface area contributed by atoms with Crippen LogP contribution in [0.2, 0.25) is 0 Å². The lowest BCUT2D eigenvalue weighted by Gasteiger charge is -2.43. The van der Waals surface area contributed by atoms with E-state index in [0.717, 1.165) is 18.7 Å². The zero-order valence-corrected chi connectivity index (χ0v) is 15.7. The Bertz CT molecular complexity index is 704. The number of likely N-dealkylation sites (tertiary alicyclic amines) is 1. The van der Waals surface area contributed by atoms with Gasteiger partial charge in [0, 0.05) is 18.6 Å². The lowest BCUT2D eigenvalue weighted by molar-refractivity contribution is 0.0454. The van der Waals surface area contributed by atoms with Gasteiger partial charge < -0.3 is 0 Å². The molecule has 0 spiro atoms. The van der Waals surface area contributed by atoms with Gasteiger partial charge in [-0.15, -0.1) is 0 Å². The van der Waals surface area contributed by atoms with E-state index in [1.165, 1.54) is 12.1 Å². The van der Waals surface area contributed by atoms with E-state index in [2.05, 4.69) is 31.7 Å². The molecule has 1 fully saturated rings. The summed E-state index contributed by atoms with van der Waals surface area (Å²) in [5, 5.41) is 9.59. The Morgan fingerprint density at radius 1 is 1.21 bits per heavy atom. The van der Waals surface area contributed by atoms with Crippen molar-refractivity contribution >= 4 is 10.1 Å². The molecule has 0 aromatic heterocycles. The van der Waals surface area contributed by atoms with E-state index in [9.17, 15) is 13.7 Å². The highest BCUT2D eigenvalue weighted by Crippen LogP contribution is 2.34. The molecule has 0 unspecified atom stereocenters. The fraction of sp³-hybridized carbons (Fsp3) is 0.611. The van der Waals surface area contributed by atoms with Gasteiger partial charge in [0.1, 0.15) is 0 Å². The minimum Gasteiger partial charge on any atom is -0.298 e. The van der Waals surface area contributed by atoms with Crippen LogP contribution in [-0.4, -0.2) is 38.6 Å². The zero-order chi connectivity index (χ0) is 18.0. The molecule has 2 rings (SSSR count). The minimum atomic E-state index is -3.83. The van der Waals surface area contributed by atoms with Crippen LogP contribution in [0.3, 0.4) is 0 Å². The summed E-state index contributed by atoms with van der Waals surface area (Å²) in [6.07, 6.45) is 1.23. The van der Waals surface area contributed by atoms with Crippen LogP contribution in [0, 0.1) is 23.7 Å². The second kappa shape index (κ2) is 6.83. The third kappa shape index (κ3) is 4.35. The molecule has 1 aromatic rings. The van der Waals surface area contributed by atoms with Gasteiger partial charge in [-0.05, 0) is 52.7 Å². The summed E-state index contributed by atoms with van der Waals surface area (Å²) >= 11 is 0. The van der Waals surface area contributed by atoms with Crippen LogP contribution < -0.4 is 0 Å². The Balaban J connectivity index is 2.04. The molecule has 5 nitrogen and oxygen atoms in total. The Labute approximate surface area is 145 Å². The number of hydrogen-bond acceptors (Lipinski definition) is 5. The smallest absolute Gasteiger partial charge is 0.297 e. The zero-order valence-electron chi connectivity index (χ0n) is 14.9. The maximum Gasteiger partial charge on any atom is 0.297 e. The predicted octanol–water partition coefficient (Wildman–Crippen LogP) is 3.10. The maximum absolute atomic E-state index is 12.3. The Hall–Kier alpha value is -1.42. The molecular weight excluding hydrogens is 324 g/mol. The van der Waals surface area contributed by atoms with Crippen LogP contribution in [-0.2, 0) is 14.3 Å². The van der Waals surface area contributed by atoms with Crippen LogP contribution in [0.1, 0.15) is 39.2 Å². The van der Waals surface area contributed by atoms with E-state index in [4.69, 9.17) is 4.18 Å². The van der Waals surface area contributed by atoms with Crippen molar-refractivity contribution in [3.8, 4) is 6.07 Å². The molecule has 1 aliphatic rings. The third-order valence-electron chi connectivity index (χ3n) is 4.71. The lowest BCUT2D eigenvalue weighted by Crippen LogP contribution is -2.49. The highest BCUT2D eigenvalue weighted by molar-refractivity contribution is 7.86. The second-order valence-corrected chi connectivity index (χ2v) is 9.19. The molecule has 0 N–H and O–H groups in total. The Morgan fingerprint density at radius 2 is 1.75 bits per heavy atom. The Morgan fingerprint density at radius 3 is 2.21 bits per heavy atom. The number of nitriles is 1. The molecule has 0 saturated carbocycles. The molecule has 24 heavy (non-hydrogen) atoms. The Kier molecular flexibility index (Phi) is 5.38. The number of piperidine rings is 1. The predicted molar refractivity (Wildman–Crippen MR) is 92.9 cm³/mol. The average molecular weight is 350 g/mol. The maximum atomic E-state index is 12.3. The van der Waals surface area contributed by atoms with E-state index < -0.39 is 15.5 Å². The largest absolute Gasteiger partial charge is 0.298 e. The second-order valence-electron chi connectivity index (χ2n) is 7.58. The van der Waals surface area contributed by atoms with Crippen molar-refractivity contribution in [2.24, 2.45) is 5.41 Å². The fourth-order valence-corrected chi connectivity index (χ4v) is 3.84. The van der Waals surface area contributed by atoms with Crippen molar-refractivity contribution in [3.05, 3.63) is 29.8 Å². The minimum absolute atomic E-state index is 0.0520.